The summed E-state index contributed by atoms with van der Waals surface area (Å²) in [6, 6.07) is 0.344. The monoisotopic (exact) mass is 228 g/mol. The van der Waals surface area contributed by atoms with Crippen LogP contribution >= 0.6 is 11.6 Å². The highest BCUT2D eigenvalue weighted by molar-refractivity contribution is 6.32. The first-order valence-electron chi connectivity index (χ1n) is 4.94. The van der Waals surface area contributed by atoms with Gasteiger partial charge in [-0.3, -0.25) is 0 Å². The van der Waals surface area contributed by atoms with Gasteiger partial charge in [0.25, 0.3) is 0 Å². The van der Waals surface area contributed by atoms with Crippen molar-refractivity contribution in [3.63, 3.8) is 0 Å². The lowest BCUT2D eigenvalue weighted by Gasteiger charge is -2.29. The van der Waals surface area contributed by atoms with Crippen molar-refractivity contribution in [1.82, 2.24) is 9.97 Å². The fourth-order valence-corrected chi connectivity index (χ4v) is 1.48. The smallest absolute Gasteiger partial charge is 0.222 e. The van der Waals surface area contributed by atoms with Gasteiger partial charge in [-0.1, -0.05) is 25.4 Å². The second-order valence-electron chi connectivity index (χ2n) is 4.00. The van der Waals surface area contributed by atoms with E-state index < -0.39 is 0 Å². The van der Waals surface area contributed by atoms with Crippen LogP contribution in [0.1, 0.15) is 20.8 Å². The summed E-state index contributed by atoms with van der Waals surface area (Å²) >= 11 is 6.02. The number of aromatic nitrogens is 2. The lowest BCUT2D eigenvalue weighted by molar-refractivity contribution is 0.503. The number of halogens is 1. The molecule has 0 saturated carbocycles. The van der Waals surface area contributed by atoms with E-state index in [1.165, 1.54) is 6.20 Å². The summed E-state index contributed by atoms with van der Waals surface area (Å²) < 4.78 is 0. The molecule has 0 aliphatic carbocycles. The summed E-state index contributed by atoms with van der Waals surface area (Å²) in [5.41, 5.74) is 5.53. The van der Waals surface area contributed by atoms with Crippen LogP contribution in [0.25, 0.3) is 0 Å². The Balaban J connectivity index is 2.99. The summed E-state index contributed by atoms with van der Waals surface area (Å²) in [6.07, 6.45) is 1.53. The van der Waals surface area contributed by atoms with Crippen LogP contribution in [0.3, 0.4) is 0 Å². The molecule has 0 fully saturated rings. The molecule has 1 aromatic rings. The second-order valence-corrected chi connectivity index (χ2v) is 4.40. The molecule has 1 aromatic heterocycles. The maximum atomic E-state index is 6.02. The summed E-state index contributed by atoms with van der Waals surface area (Å²) in [5, 5.41) is 0.527. The topological polar surface area (TPSA) is 55.0 Å². The van der Waals surface area contributed by atoms with E-state index in [0.29, 0.717) is 22.8 Å². The molecule has 84 valence electrons. The van der Waals surface area contributed by atoms with Gasteiger partial charge in [0.05, 0.1) is 6.20 Å². The number of hydrogen-bond acceptors (Lipinski definition) is 4. The maximum Gasteiger partial charge on any atom is 0.222 e. The van der Waals surface area contributed by atoms with Crippen LogP contribution in [0, 0.1) is 5.92 Å². The van der Waals surface area contributed by atoms with Crippen molar-refractivity contribution in [3.05, 3.63) is 11.2 Å². The summed E-state index contributed by atoms with van der Waals surface area (Å²) in [5.74, 6) is 1.45. The molecule has 1 unspecified atom stereocenters. The highest BCUT2D eigenvalue weighted by Gasteiger charge is 2.17. The predicted molar refractivity (Wildman–Crippen MR) is 64.2 cm³/mol. The zero-order valence-corrected chi connectivity index (χ0v) is 10.3. The molecule has 0 amide bonds. The SMILES string of the molecule is CC(C)C(C)N(C)c1nc(N)ncc1Cl. The Morgan fingerprint density at radius 1 is 1.40 bits per heavy atom. The molecule has 0 radical (unpaired) electrons. The first kappa shape index (κ1) is 12.0. The van der Waals surface area contributed by atoms with E-state index in [0.717, 1.165) is 0 Å². The van der Waals surface area contributed by atoms with Crippen LogP contribution < -0.4 is 10.6 Å². The van der Waals surface area contributed by atoms with Crippen molar-refractivity contribution < 1.29 is 0 Å². The quantitative estimate of drug-likeness (QED) is 0.862. The van der Waals surface area contributed by atoms with Crippen LogP contribution in [0.4, 0.5) is 11.8 Å². The highest BCUT2D eigenvalue weighted by atomic mass is 35.5. The molecule has 0 saturated heterocycles. The van der Waals surface area contributed by atoms with Crippen molar-refractivity contribution in [2.45, 2.75) is 26.8 Å². The molecule has 1 heterocycles. The molecule has 15 heavy (non-hydrogen) atoms. The van der Waals surface area contributed by atoms with Crippen molar-refractivity contribution in [1.29, 1.82) is 0 Å². The summed E-state index contributed by atoms with van der Waals surface area (Å²) in [4.78, 5) is 9.99. The summed E-state index contributed by atoms with van der Waals surface area (Å²) in [7, 11) is 1.96. The lowest BCUT2D eigenvalue weighted by Crippen LogP contribution is -2.34. The van der Waals surface area contributed by atoms with E-state index in [2.05, 4.69) is 30.7 Å². The van der Waals surface area contributed by atoms with Gasteiger partial charge in [0.15, 0.2) is 5.82 Å². The Morgan fingerprint density at radius 3 is 2.53 bits per heavy atom. The molecule has 0 bridgehead atoms. The number of nitrogens with two attached hydrogens (primary N) is 1. The first-order chi connectivity index (χ1) is 6.93. The minimum absolute atomic E-state index is 0.247. The molecule has 2 N–H and O–H groups in total. The van der Waals surface area contributed by atoms with Crippen LogP contribution in [-0.2, 0) is 0 Å². The van der Waals surface area contributed by atoms with E-state index in [-0.39, 0.29) is 5.95 Å². The third kappa shape index (κ3) is 2.72. The van der Waals surface area contributed by atoms with Gasteiger partial charge in [0.1, 0.15) is 5.02 Å². The van der Waals surface area contributed by atoms with Crippen molar-refractivity contribution in [2.24, 2.45) is 5.92 Å². The Labute approximate surface area is 95.5 Å². The third-order valence-corrected chi connectivity index (χ3v) is 2.92. The lowest BCUT2D eigenvalue weighted by atomic mass is 10.1. The molecule has 0 aromatic carbocycles. The van der Waals surface area contributed by atoms with E-state index in [1.807, 2.05) is 11.9 Å². The number of rotatable bonds is 3. The van der Waals surface area contributed by atoms with Crippen molar-refractivity contribution in [2.75, 3.05) is 17.7 Å². The fourth-order valence-electron chi connectivity index (χ4n) is 1.26. The molecule has 0 spiro atoms. The minimum Gasteiger partial charge on any atom is -0.368 e. The van der Waals surface area contributed by atoms with Crippen molar-refractivity contribution in [3.8, 4) is 0 Å². The molecule has 4 nitrogen and oxygen atoms in total. The number of nitrogen functional groups attached to an aromatic ring is 1. The summed E-state index contributed by atoms with van der Waals surface area (Å²) in [6.45, 7) is 6.43. The molecular formula is C10H17ClN4. The Kier molecular flexibility index (Phi) is 3.74. The molecule has 0 aliphatic heterocycles. The zero-order chi connectivity index (χ0) is 11.6. The Bertz CT molecular complexity index is 340. The normalized spacial score (nSPS) is 12.9. The van der Waals surface area contributed by atoms with E-state index in [9.17, 15) is 0 Å². The second kappa shape index (κ2) is 4.66. The van der Waals surface area contributed by atoms with Gasteiger partial charge < -0.3 is 10.6 Å². The molecule has 1 rings (SSSR count). The zero-order valence-electron chi connectivity index (χ0n) is 9.53. The van der Waals surface area contributed by atoms with Gasteiger partial charge in [-0.25, -0.2) is 4.98 Å². The molecule has 5 heteroatoms. The predicted octanol–water partition coefficient (Wildman–Crippen LogP) is 2.19. The maximum absolute atomic E-state index is 6.02. The largest absolute Gasteiger partial charge is 0.368 e. The van der Waals surface area contributed by atoms with E-state index >= 15 is 0 Å². The molecule has 1 atom stereocenters. The first-order valence-corrected chi connectivity index (χ1v) is 5.32. The Morgan fingerprint density at radius 2 is 2.00 bits per heavy atom. The van der Waals surface area contributed by atoms with Gasteiger partial charge in [-0.15, -0.1) is 0 Å². The van der Waals surface area contributed by atoms with Crippen molar-refractivity contribution >= 4 is 23.4 Å². The number of anilines is 2. The average Bonchev–Trinajstić information content (AvgIpc) is 2.19. The fraction of sp³-hybridized carbons (Fsp3) is 0.600. The van der Waals surface area contributed by atoms with Gasteiger partial charge >= 0.3 is 0 Å². The van der Waals surface area contributed by atoms with E-state index in [4.69, 9.17) is 17.3 Å². The molecular weight excluding hydrogens is 212 g/mol. The standard InChI is InChI=1S/C10H17ClN4/c1-6(2)7(3)15(4)9-8(11)5-13-10(12)14-9/h5-7H,1-4H3,(H2,12,13,14). The van der Waals surface area contributed by atoms with Crippen LogP contribution in [0.2, 0.25) is 5.02 Å². The van der Waals surface area contributed by atoms with Crippen LogP contribution in [-0.4, -0.2) is 23.1 Å². The van der Waals surface area contributed by atoms with E-state index in [1.54, 1.807) is 0 Å². The number of nitrogens with zero attached hydrogens (tertiary/aromatic N) is 3. The van der Waals surface area contributed by atoms with Crippen LogP contribution in [0.5, 0.6) is 0 Å². The average molecular weight is 229 g/mol. The van der Waals surface area contributed by atoms with Gasteiger partial charge in [-0.2, -0.15) is 4.98 Å². The number of hydrogen-bond donors (Lipinski definition) is 1. The van der Waals surface area contributed by atoms with Gasteiger partial charge in [0, 0.05) is 13.1 Å². The van der Waals surface area contributed by atoms with Gasteiger partial charge in [-0.05, 0) is 12.8 Å². The molecule has 0 aliphatic rings. The minimum atomic E-state index is 0.247. The third-order valence-electron chi connectivity index (χ3n) is 2.65. The Hall–Kier alpha value is -1.03. The van der Waals surface area contributed by atoms with Crippen LogP contribution in [0.15, 0.2) is 6.20 Å². The highest BCUT2D eigenvalue weighted by Crippen LogP contribution is 2.25. The van der Waals surface area contributed by atoms with Gasteiger partial charge in [0.2, 0.25) is 5.95 Å².